The zero-order valence-corrected chi connectivity index (χ0v) is 5.28. The summed E-state index contributed by atoms with van der Waals surface area (Å²) in [5, 5.41) is 8.12. The highest BCUT2D eigenvalue weighted by Gasteiger charge is 1.97. The van der Waals surface area contributed by atoms with E-state index in [1.54, 1.807) is 18.3 Å². The zero-order valence-electron chi connectivity index (χ0n) is 4.53. The molecule has 0 saturated carbocycles. The Morgan fingerprint density at radius 3 is 2.67 bits per heavy atom. The van der Waals surface area contributed by atoms with E-state index in [1.807, 2.05) is 0 Å². The second kappa shape index (κ2) is 3.81. The summed E-state index contributed by atoms with van der Waals surface area (Å²) in [5.41, 5.74) is 0.479. The van der Waals surface area contributed by atoms with E-state index < -0.39 is 0 Å². The summed E-state index contributed by atoms with van der Waals surface area (Å²) in [6.07, 6.45) is 3.09. The highest BCUT2D eigenvalue weighted by Crippen LogP contribution is 2.05. The molecule has 3 nitrogen and oxygen atoms in total. The maximum absolute atomic E-state index is 8.12. The Morgan fingerprint density at radius 2 is 2.33 bits per heavy atom. The van der Waals surface area contributed by atoms with E-state index in [0.717, 1.165) is 0 Å². The van der Waals surface area contributed by atoms with Crippen molar-refractivity contribution in [1.82, 2.24) is 4.98 Å². The van der Waals surface area contributed by atoms with Crippen LogP contribution in [0.15, 0.2) is 24.5 Å². The first-order valence-electron chi connectivity index (χ1n) is 2.18. The molecular formula is C5H4ClN3. The third-order valence-electron chi connectivity index (χ3n) is 0.761. The van der Waals surface area contributed by atoms with E-state index in [9.17, 15) is 0 Å². The van der Waals surface area contributed by atoms with Gasteiger partial charge < -0.3 is 12.4 Å². The lowest BCUT2D eigenvalue weighted by molar-refractivity contribution is -0.00000192. The summed E-state index contributed by atoms with van der Waals surface area (Å²) < 4.78 is 0. The molecule has 0 aliphatic rings. The molecule has 1 heterocycles. The molecule has 1 rings (SSSR count). The smallest absolute Gasteiger partial charge is 0.403 e. The summed E-state index contributed by atoms with van der Waals surface area (Å²) >= 11 is 0. The van der Waals surface area contributed by atoms with Gasteiger partial charge in [-0.3, -0.25) is 4.98 Å². The van der Waals surface area contributed by atoms with Gasteiger partial charge in [0.2, 0.25) is 5.39 Å². The van der Waals surface area contributed by atoms with Gasteiger partial charge in [-0.05, 0) is 6.07 Å². The van der Waals surface area contributed by atoms with Gasteiger partial charge in [0.15, 0.2) is 4.98 Å². The Bertz CT molecular complexity index is 203. The van der Waals surface area contributed by atoms with Crippen molar-refractivity contribution < 1.29 is 12.4 Å². The Balaban J connectivity index is 0.000000640. The highest BCUT2D eigenvalue weighted by atomic mass is 35.5. The molecule has 0 unspecified atom stereocenters. The number of aromatic nitrogens is 1. The summed E-state index contributed by atoms with van der Waals surface area (Å²) in [6, 6.07) is 3.36. The van der Waals surface area contributed by atoms with Crippen LogP contribution in [0.25, 0.3) is 4.98 Å². The van der Waals surface area contributed by atoms with Crippen LogP contribution in [-0.4, -0.2) is 4.98 Å². The van der Waals surface area contributed by atoms with Crippen LogP contribution in [0.2, 0.25) is 0 Å². The molecule has 0 N–H and O–H groups in total. The molecule has 9 heavy (non-hydrogen) atoms. The van der Waals surface area contributed by atoms with Gasteiger partial charge in [-0.25, -0.2) is 0 Å². The average Bonchev–Trinajstić information content (AvgIpc) is 1.90. The Morgan fingerprint density at radius 1 is 1.56 bits per heavy atom. The molecule has 0 atom stereocenters. The molecule has 0 bridgehead atoms. The minimum absolute atomic E-state index is 0. The van der Waals surface area contributed by atoms with Crippen LogP contribution < -0.4 is 12.4 Å². The van der Waals surface area contributed by atoms with Gasteiger partial charge in [0.05, 0.1) is 0 Å². The van der Waals surface area contributed by atoms with Crippen molar-refractivity contribution >= 4 is 5.69 Å². The lowest BCUT2D eigenvalue weighted by Gasteiger charge is -1.69. The zero-order chi connectivity index (χ0) is 5.82. The fraction of sp³-hybridized carbons (Fsp3) is 0. The molecule has 1 aromatic rings. The highest BCUT2D eigenvalue weighted by molar-refractivity contribution is 5.39. The first kappa shape index (κ1) is 7.86. The van der Waals surface area contributed by atoms with Gasteiger partial charge in [0.1, 0.15) is 6.20 Å². The summed E-state index contributed by atoms with van der Waals surface area (Å²) in [4.78, 5) is 6.61. The van der Waals surface area contributed by atoms with Gasteiger partial charge in [-0.1, -0.05) is 0 Å². The number of diazo groups is 1. The second-order valence-corrected chi connectivity index (χ2v) is 1.31. The number of rotatable bonds is 0. The molecule has 0 spiro atoms. The fourth-order valence-corrected chi connectivity index (χ4v) is 0.413. The molecule has 0 aliphatic carbocycles. The third-order valence-corrected chi connectivity index (χ3v) is 0.761. The minimum atomic E-state index is 0. The van der Waals surface area contributed by atoms with E-state index in [0.29, 0.717) is 5.69 Å². The van der Waals surface area contributed by atoms with Crippen molar-refractivity contribution in [2.75, 3.05) is 0 Å². The Labute approximate surface area is 58.8 Å². The van der Waals surface area contributed by atoms with Crippen LogP contribution in [-0.2, 0) is 0 Å². The van der Waals surface area contributed by atoms with Crippen molar-refractivity contribution in [3.63, 3.8) is 0 Å². The molecule has 1 aromatic heterocycles. The largest absolute Gasteiger partial charge is 1.00 e. The van der Waals surface area contributed by atoms with Crippen molar-refractivity contribution in [3.05, 3.63) is 29.5 Å². The van der Waals surface area contributed by atoms with Crippen LogP contribution >= 0.6 is 0 Å². The molecule has 0 amide bonds. The Kier molecular flexibility index (Phi) is 3.33. The van der Waals surface area contributed by atoms with Crippen LogP contribution in [0, 0.1) is 5.39 Å². The van der Waals surface area contributed by atoms with Crippen molar-refractivity contribution in [1.29, 1.82) is 5.39 Å². The number of halogens is 1. The normalized spacial score (nSPS) is 7.00. The van der Waals surface area contributed by atoms with Crippen LogP contribution in [0.4, 0.5) is 5.69 Å². The van der Waals surface area contributed by atoms with Gasteiger partial charge in [-0.2, -0.15) is 0 Å². The number of hydrogen-bond acceptors (Lipinski definition) is 2. The third kappa shape index (κ3) is 2.06. The summed E-state index contributed by atoms with van der Waals surface area (Å²) in [6.45, 7) is 0. The molecule has 4 heteroatoms. The first-order valence-corrected chi connectivity index (χ1v) is 2.18. The SMILES string of the molecule is N#[N+]c1cccnc1.[Cl-]. The molecule has 0 aliphatic heterocycles. The van der Waals surface area contributed by atoms with Gasteiger partial charge in [0, 0.05) is 12.3 Å². The molecule has 0 fully saturated rings. The standard InChI is InChI=1S/C5H4N3.ClH/c6-8-5-2-1-3-7-4-5;/h1-4H;1H/q+1;/p-1. The topological polar surface area (TPSA) is 41.0 Å². The molecular weight excluding hydrogens is 138 g/mol. The lowest BCUT2D eigenvalue weighted by Crippen LogP contribution is -3.00. The summed E-state index contributed by atoms with van der Waals surface area (Å²) in [7, 11) is 0. The van der Waals surface area contributed by atoms with Gasteiger partial charge >= 0.3 is 5.69 Å². The summed E-state index contributed by atoms with van der Waals surface area (Å²) in [5.74, 6) is 0. The van der Waals surface area contributed by atoms with E-state index >= 15 is 0 Å². The average molecular weight is 142 g/mol. The predicted molar refractivity (Wildman–Crippen MR) is 29.0 cm³/mol. The van der Waals surface area contributed by atoms with Crippen molar-refractivity contribution in [2.45, 2.75) is 0 Å². The molecule has 0 radical (unpaired) electrons. The van der Waals surface area contributed by atoms with E-state index in [-0.39, 0.29) is 12.4 Å². The number of pyridine rings is 1. The second-order valence-electron chi connectivity index (χ2n) is 1.31. The maximum atomic E-state index is 8.12. The van der Waals surface area contributed by atoms with Crippen LogP contribution in [0.3, 0.4) is 0 Å². The van der Waals surface area contributed by atoms with Crippen molar-refractivity contribution in [2.24, 2.45) is 0 Å². The lowest BCUT2D eigenvalue weighted by atomic mass is 10.4. The van der Waals surface area contributed by atoms with Gasteiger partial charge in [-0.15, -0.1) is 0 Å². The van der Waals surface area contributed by atoms with Crippen LogP contribution in [0.5, 0.6) is 0 Å². The van der Waals surface area contributed by atoms with Crippen molar-refractivity contribution in [3.8, 4) is 0 Å². The maximum Gasteiger partial charge on any atom is 0.403 e. The first-order chi connectivity index (χ1) is 3.93. The molecule has 0 aromatic carbocycles. The number of nitrogens with zero attached hydrogens (tertiary/aromatic N) is 3. The molecule has 0 saturated heterocycles. The van der Waals surface area contributed by atoms with Crippen LogP contribution in [0.1, 0.15) is 0 Å². The number of hydrogen-bond donors (Lipinski definition) is 0. The van der Waals surface area contributed by atoms with E-state index in [2.05, 4.69) is 9.96 Å². The predicted octanol–water partition coefficient (Wildman–Crippen LogP) is -1.43. The molecule has 46 valence electrons. The quantitative estimate of drug-likeness (QED) is 0.416. The minimum Gasteiger partial charge on any atom is -1.00 e. The monoisotopic (exact) mass is 141 g/mol. The fourth-order valence-electron chi connectivity index (χ4n) is 0.413. The van der Waals surface area contributed by atoms with E-state index in [1.165, 1.54) is 6.20 Å². The van der Waals surface area contributed by atoms with Gasteiger partial charge in [0.25, 0.3) is 0 Å². The Hall–Kier alpha value is -1.14. The van der Waals surface area contributed by atoms with E-state index in [4.69, 9.17) is 5.39 Å².